The van der Waals surface area contributed by atoms with Crippen molar-refractivity contribution >= 4 is 0 Å². The van der Waals surface area contributed by atoms with Crippen LogP contribution in [0.5, 0.6) is 11.5 Å². The number of nitrogens with zero attached hydrogens (tertiary/aromatic N) is 5. The van der Waals surface area contributed by atoms with E-state index in [9.17, 15) is 0 Å². The molecule has 8 nitrogen and oxygen atoms in total. The third-order valence-electron chi connectivity index (χ3n) is 4.78. The van der Waals surface area contributed by atoms with E-state index in [2.05, 4.69) is 25.8 Å². The summed E-state index contributed by atoms with van der Waals surface area (Å²) in [6.45, 7) is 3.71. The first-order chi connectivity index (χ1) is 15.2. The molecule has 158 valence electrons. The van der Waals surface area contributed by atoms with Gasteiger partial charge in [0.2, 0.25) is 0 Å². The van der Waals surface area contributed by atoms with Gasteiger partial charge in [0.15, 0.2) is 23.9 Å². The topological polar surface area (TPSA) is 87.0 Å². The molecule has 2 heterocycles. The Balaban J connectivity index is 1.39. The molecule has 31 heavy (non-hydrogen) atoms. The van der Waals surface area contributed by atoms with Crippen LogP contribution in [-0.4, -0.2) is 32.3 Å². The number of tetrazole rings is 1. The number of methoxy groups -OCH3 is 1. The molecular formula is C23H24N6O2. The van der Waals surface area contributed by atoms with Crippen molar-refractivity contribution in [2.24, 2.45) is 0 Å². The lowest BCUT2D eigenvalue weighted by molar-refractivity contribution is 0.273. The van der Waals surface area contributed by atoms with E-state index in [1.54, 1.807) is 18.0 Å². The number of nitrogens with one attached hydrogen (secondary N) is 1. The summed E-state index contributed by atoms with van der Waals surface area (Å²) < 4.78 is 13.2. The van der Waals surface area contributed by atoms with Gasteiger partial charge < -0.3 is 14.8 Å². The molecule has 8 heteroatoms. The van der Waals surface area contributed by atoms with Crippen molar-refractivity contribution in [1.29, 1.82) is 0 Å². The molecule has 0 radical (unpaired) electrons. The molecule has 0 atom stereocenters. The van der Waals surface area contributed by atoms with Crippen molar-refractivity contribution < 1.29 is 9.47 Å². The Morgan fingerprint density at radius 3 is 2.58 bits per heavy atom. The molecule has 2 aromatic carbocycles. The van der Waals surface area contributed by atoms with Crippen LogP contribution in [-0.2, 0) is 19.7 Å². The quantitative estimate of drug-likeness (QED) is 0.448. The Morgan fingerprint density at radius 2 is 1.81 bits per heavy atom. The molecule has 0 spiro atoms. The zero-order valence-electron chi connectivity index (χ0n) is 17.5. The van der Waals surface area contributed by atoms with Crippen LogP contribution < -0.4 is 14.8 Å². The molecule has 0 saturated carbocycles. The largest absolute Gasteiger partial charge is 0.493 e. The normalized spacial score (nSPS) is 10.8. The number of hydrogen-bond acceptors (Lipinski definition) is 7. The van der Waals surface area contributed by atoms with Gasteiger partial charge in [0.1, 0.15) is 0 Å². The minimum Gasteiger partial charge on any atom is -0.493 e. The summed E-state index contributed by atoms with van der Waals surface area (Å²) in [5, 5.41) is 15.4. The number of pyridine rings is 1. The summed E-state index contributed by atoms with van der Waals surface area (Å²) in [5.41, 5.74) is 4.30. The van der Waals surface area contributed by atoms with Crippen LogP contribution in [0.3, 0.4) is 0 Å². The van der Waals surface area contributed by atoms with Crippen LogP contribution in [0.4, 0.5) is 0 Å². The zero-order valence-corrected chi connectivity index (χ0v) is 17.5. The van der Waals surface area contributed by atoms with Crippen molar-refractivity contribution in [2.75, 3.05) is 7.11 Å². The van der Waals surface area contributed by atoms with Gasteiger partial charge >= 0.3 is 0 Å². The van der Waals surface area contributed by atoms with E-state index in [1.165, 1.54) is 5.56 Å². The van der Waals surface area contributed by atoms with Gasteiger partial charge in [-0.15, -0.1) is 5.10 Å². The predicted octanol–water partition coefficient (Wildman–Crippen LogP) is 3.24. The molecule has 0 amide bonds. The Labute approximate surface area is 180 Å². The van der Waals surface area contributed by atoms with Gasteiger partial charge in [-0.1, -0.05) is 29.8 Å². The smallest absolute Gasteiger partial charge is 0.194 e. The average molecular weight is 416 g/mol. The fourth-order valence-electron chi connectivity index (χ4n) is 3.12. The summed E-state index contributed by atoms with van der Waals surface area (Å²) in [6.07, 6.45) is 3.63. The molecule has 4 rings (SSSR count). The molecule has 0 unspecified atom stereocenters. The maximum Gasteiger partial charge on any atom is 0.194 e. The molecule has 0 bridgehead atoms. The maximum atomic E-state index is 5.97. The molecule has 0 aliphatic rings. The van der Waals surface area contributed by atoms with Gasteiger partial charge in [0, 0.05) is 25.5 Å². The van der Waals surface area contributed by atoms with Gasteiger partial charge in [-0.25, -0.2) is 0 Å². The molecule has 0 saturated heterocycles. The van der Waals surface area contributed by atoms with E-state index in [4.69, 9.17) is 9.47 Å². The van der Waals surface area contributed by atoms with Gasteiger partial charge in [-0.05, 0) is 58.8 Å². The lowest BCUT2D eigenvalue weighted by Gasteiger charge is -2.13. The third-order valence-corrected chi connectivity index (χ3v) is 4.78. The molecule has 1 N–H and O–H groups in total. The van der Waals surface area contributed by atoms with Crippen LogP contribution in [0.15, 0.2) is 67.0 Å². The fraction of sp³-hybridized carbons (Fsp3) is 0.217. The lowest BCUT2D eigenvalue weighted by atomic mass is 10.2. The number of aromatic nitrogens is 5. The van der Waals surface area contributed by atoms with Crippen molar-refractivity contribution in [3.8, 4) is 17.2 Å². The van der Waals surface area contributed by atoms with Crippen molar-refractivity contribution in [2.45, 2.75) is 26.6 Å². The number of rotatable bonds is 9. The number of hydrogen-bond donors (Lipinski definition) is 1. The minimum atomic E-state index is 0.218. The van der Waals surface area contributed by atoms with Crippen LogP contribution in [0.25, 0.3) is 5.69 Å². The Kier molecular flexibility index (Phi) is 6.49. The molecule has 0 aliphatic carbocycles. The monoisotopic (exact) mass is 416 g/mol. The van der Waals surface area contributed by atoms with E-state index >= 15 is 0 Å². The molecule has 0 aliphatic heterocycles. The highest BCUT2D eigenvalue weighted by atomic mass is 16.5. The first kappa shape index (κ1) is 20.5. The highest BCUT2D eigenvalue weighted by molar-refractivity contribution is 5.43. The summed E-state index contributed by atoms with van der Waals surface area (Å²) in [7, 11) is 1.63. The molecular weight excluding hydrogens is 392 g/mol. The Hall–Kier alpha value is -3.78. The van der Waals surface area contributed by atoms with E-state index in [1.807, 2.05) is 67.7 Å². The lowest BCUT2D eigenvalue weighted by Crippen LogP contribution is -2.13. The van der Waals surface area contributed by atoms with Gasteiger partial charge in [0.05, 0.1) is 12.8 Å². The van der Waals surface area contributed by atoms with Crippen LogP contribution >= 0.6 is 0 Å². The zero-order chi connectivity index (χ0) is 21.5. The van der Waals surface area contributed by atoms with E-state index in [-0.39, 0.29) is 6.61 Å². The van der Waals surface area contributed by atoms with Crippen molar-refractivity contribution in [3.63, 3.8) is 0 Å². The standard InChI is InChI=1S/C23H24N6O2/c1-17-5-8-20(9-6-17)29-23(26-27-28-29)16-31-21-10-7-18(12-22(21)30-2)13-25-15-19-4-3-11-24-14-19/h3-12,14,25H,13,15-16H2,1-2H3. The van der Waals surface area contributed by atoms with Crippen LogP contribution in [0.2, 0.25) is 0 Å². The van der Waals surface area contributed by atoms with Crippen LogP contribution in [0, 0.1) is 6.92 Å². The second kappa shape index (κ2) is 9.82. The van der Waals surface area contributed by atoms with Crippen molar-refractivity contribution in [1.82, 2.24) is 30.5 Å². The van der Waals surface area contributed by atoms with Crippen molar-refractivity contribution in [3.05, 3.63) is 89.5 Å². The molecule has 0 fully saturated rings. The number of aryl methyl sites for hydroxylation is 1. The SMILES string of the molecule is COc1cc(CNCc2cccnc2)ccc1OCc1nnnn1-c1ccc(C)cc1. The highest BCUT2D eigenvalue weighted by Gasteiger charge is 2.12. The number of benzene rings is 2. The maximum absolute atomic E-state index is 5.97. The van der Waals surface area contributed by atoms with Gasteiger partial charge in [-0.2, -0.15) is 4.68 Å². The average Bonchev–Trinajstić information content (AvgIpc) is 3.28. The first-order valence-corrected chi connectivity index (χ1v) is 9.96. The summed E-state index contributed by atoms with van der Waals surface area (Å²) in [6, 6.07) is 17.8. The van der Waals surface area contributed by atoms with Crippen LogP contribution in [0.1, 0.15) is 22.5 Å². The molecule has 4 aromatic rings. The summed E-state index contributed by atoms with van der Waals surface area (Å²) >= 11 is 0. The first-order valence-electron chi connectivity index (χ1n) is 9.96. The van der Waals surface area contributed by atoms with E-state index in [0.717, 1.165) is 23.4 Å². The number of ether oxygens (including phenoxy) is 2. The van der Waals surface area contributed by atoms with Gasteiger partial charge in [0.25, 0.3) is 0 Å². The second-order valence-electron chi connectivity index (χ2n) is 7.08. The third kappa shape index (κ3) is 5.23. The van der Waals surface area contributed by atoms with Gasteiger partial charge in [-0.3, -0.25) is 4.98 Å². The highest BCUT2D eigenvalue weighted by Crippen LogP contribution is 2.29. The fourth-order valence-corrected chi connectivity index (χ4v) is 3.12. The predicted molar refractivity (Wildman–Crippen MR) is 116 cm³/mol. The summed E-state index contributed by atoms with van der Waals surface area (Å²) in [5.74, 6) is 1.90. The van der Waals surface area contributed by atoms with E-state index in [0.29, 0.717) is 23.9 Å². The minimum absolute atomic E-state index is 0.218. The summed E-state index contributed by atoms with van der Waals surface area (Å²) in [4.78, 5) is 4.13. The second-order valence-corrected chi connectivity index (χ2v) is 7.08. The Morgan fingerprint density at radius 1 is 0.968 bits per heavy atom. The Bertz CT molecular complexity index is 1110. The van der Waals surface area contributed by atoms with E-state index < -0.39 is 0 Å². The molecule has 2 aromatic heterocycles.